The summed E-state index contributed by atoms with van der Waals surface area (Å²) in [5.41, 5.74) is 5.24. The van der Waals surface area contributed by atoms with Gasteiger partial charge >= 0.3 is 0 Å². The fraction of sp³-hybridized carbons (Fsp3) is 0.227. The molecule has 0 saturated carbocycles. The molecule has 0 spiro atoms. The molecule has 1 atom stereocenters. The molecule has 0 radical (unpaired) electrons. The topological polar surface area (TPSA) is 78.3 Å². The number of imidazole rings is 1. The summed E-state index contributed by atoms with van der Waals surface area (Å²) >= 11 is 1.50. The van der Waals surface area contributed by atoms with Crippen molar-refractivity contribution in [2.75, 3.05) is 13.2 Å². The Morgan fingerprint density at radius 1 is 1.20 bits per heavy atom. The van der Waals surface area contributed by atoms with Gasteiger partial charge in [-0.1, -0.05) is 18.2 Å². The number of carbonyl (C=O) groups excluding carboxylic acids is 1. The molecule has 0 bridgehead atoms. The van der Waals surface area contributed by atoms with Crippen LogP contribution in [0.15, 0.2) is 53.4 Å². The lowest BCUT2D eigenvalue weighted by atomic mass is 10.1. The second-order valence-corrected chi connectivity index (χ2v) is 7.79. The van der Waals surface area contributed by atoms with Crippen LogP contribution in [0.25, 0.3) is 22.6 Å². The van der Waals surface area contributed by atoms with E-state index in [2.05, 4.69) is 10.3 Å². The van der Waals surface area contributed by atoms with Crippen molar-refractivity contribution in [3.05, 3.63) is 58.9 Å². The van der Waals surface area contributed by atoms with E-state index in [1.807, 2.05) is 59.3 Å². The Morgan fingerprint density at radius 3 is 2.87 bits per heavy atom. The van der Waals surface area contributed by atoms with Gasteiger partial charge in [0.05, 0.1) is 22.6 Å². The first-order chi connectivity index (χ1) is 14.7. The number of nitrogens with zero attached hydrogens (tertiary/aromatic N) is 3. The maximum Gasteiger partial charge on any atom is 0.240 e. The smallest absolute Gasteiger partial charge is 0.240 e. The zero-order valence-corrected chi connectivity index (χ0v) is 17.2. The van der Waals surface area contributed by atoms with Gasteiger partial charge in [0.2, 0.25) is 5.91 Å². The summed E-state index contributed by atoms with van der Waals surface area (Å²) in [5, 5.41) is 5.01. The number of ether oxygens (including phenoxy) is 2. The van der Waals surface area contributed by atoms with Gasteiger partial charge in [0, 0.05) is 5.38 Å². The van der Waals surface area contributed by atoms with Crippen molar-refractivity contribution in [3.8, 4) is 23.0 Å². The van der Waals surface area contributed by atoms with Crippen LogP contribution in [0.1, 0.15) is 18.5 Å². The zero-order chi connectivity index (χ0) is 20.5. The molecule has 1 unspecified atom stereocenters. The normalized spacial score (nSPS) is 13.9. The highest BCUT2D eigenvalue weighted by Gasteiger charge is 2.19. The van der Waals surface area contributed by atoms with E-state index in [0.29, 0.717) is 24.8 Å². The van der Waals surface area contributed by atoms with Crippen LogP contribution in [0.3, 0.4) is 0 Å². The van der Waals surface area contributed by atoms with Gasteiger partial charge in [0.25, 0.3) is 0 Å². The lowest BCUT2D eigenvalue weighted by Gasteiger charge is -2.21. The van der Waals surface area contributed by atoms with Crippen molar-refractivity contribution in [1.82, 2.24) is 19.9 Å². The molecule has 7 nitrogen and oxygen atoms in total. The summed E-state index contributed by atoms with van der Waals surface area (Å²) in [6.45, 7) is 3.20. The van der Waals surface area contributed by atoms with Crippen molar-refractivity contribution in [2.24, 2.45) is 0 Å². The van der Waals surface area contributed by atoms with Crippen molar-refractivity contribution in [2.45, 2.75) is 19.5 Å². The summed E-state index contributed by atoms with van der Waals surface area (Å²) in [6, 6.07) is 13.4. The molecule has 0 aliphatic carbocycles. The summed E-state index contributed by atoms with van der Waals surface area (Å²) < 4.78 is 13.1. The number of aromatic nitrogens is 3. The molecule has 2 aromatic carbocycles. The molecule has 1 aliphatic heterocycles. The molecular formula is C22H20N4O3S. The van der Waals surface area contributed by atoms with Gasteiger partial charge in [-0.05, 0) is 36.8 Å². The van der Waals surface area contributed by atoms with Crippen LogP contribution in [-0.2, 0) is 11.3 Å². The summed E-state index contributed by atoms with van der Waals surface area (Å²) in [4.78, 5) is 22.0. The number of benzene rings is 2. The monoisotopic (exact) mass is 420 g/mol. The number of rotatable bonds is 5. The van der Waals surface area contributed by atoms with Gasteiger partial charge in [-0.15, -0.1) is 11.3 Å². The van der Waals surface area contributed by atoms with E-state index in [1.165, 1.54) is 11.3 Å². The Bertz CT molecular complexity index is 1200. The summed E-state index contributed by atoms with van der Waals surface area (Å²) in [6.07, 6.45) is 0. The van der Waals surface area contributed by atoms with Crippen LogP contribution in [0, 0.1) is 0 Å². The number of hydrogen-bond acceptors (Lipinski definition) is 6. The van der Waals surface area contributed by atoms with E-state index in [-0.39, 0.29) is 18.5 Å². The standard InChI is InChI=1S/C22H20N4O3S/c1-14(15-6-7-19-20(10-15)29-9-8-28-19)24-21(27)11-26-18-5-3-2-4-16(18)25-22(26)17-12-30-13-23-17/h2-7,10,12-14H,8-9,11H2,1H3,(H,24,27). The predicted octanol–water partition coefficient (Wildman–Crippen LogP) is 3.81. The second-order valence-electron chi connectivity index (χ2n) is 7.08. The highest BCUT2D eigenvalue weighted by atomic mass is 32.1. The minimum Gasteiger partial charge on any atom is -0.486 e. The number of para-hydroxylation sites is 2. The fourth-order valence-corrected chi connectivity index (χ4v) is 4.13. The number of thiazole rings is 1. The summed E-state index contributed by atoms with van der Waals surface area (Å²) in [5.74, 6) is 2.05. The van der Waals surface area contributed by atoms with Gasteiger partial charge in [-0.3, -0.25) is 4.79 Å². The van der Waals surface area contributed by atoms with Crippen LogP contribution >= 0.6 is 11.3 Å². The van der Waals surface area contributed by atoms with E-state index in [0.717, 1.165) is 28.0 Å². The highest BCUT2D eigenvalue weighted by molar-refractivity contribution is 7.07. The minimum absolute atomic E-state index is 0.1000. The Kier molecular flexibility index (Phi) is 4.84. The molecule has 0 saturated heterocycles. The van der Waals surface area contributed by atoms with E-state index in [1.54, 1.807) is 5.51 Å². The highest BCUT2D eigenvalue weighted by Crippen LogP contribution is 2.32. The van der Waals surface area contributed by atoms with Crippen molar-refractivity contribution >= 4 is 28.3 Å². The van der Waals surface area contributed by atoms with Crippen LogP contribution < -0.4 is 14.8 Å². The maximum absolute atomic E-state index is 12.9. The van der Waals surface area contributed by atoms with E-state index < -0.39 is 0 Å². The molecule has 8 heteroatoms. The van der Waals surface area contributed by atoms with Crippen LogP contribution in [0.2, 0.25) is 0 Å². The number of nitrogens with one attached hydrogen (secondary N) is 1. The molecule has 3 heterocycles. The van der Waals surface area contributed by atoms with Gasteiger partial charge in [0.1, 0.15) is 25.5 Å². The fourth-order valence-electron chi connectivity index (χ4n) is 3.60. The number of carbonyl (C=O) groups is 1. The quantitative estimate of drug-likeness (QED) is 0.531. The number of fused-ring (bicyclic) bond motifs is 2. The molecule has 1 amide bonds. The first-order valence-electron chi connectivity index (χ1n) is 9.72. The third-order valence-corrected chi connectivity index (χ3v) is 5.65. The predicted molar refractivity (Wildman–Crippen MR) is 115 cm³/mol. The molecule has 1 N–H and O–H groups in total. The van der Waals surface area contributed by atoms with Gasteiger partial charge in [0.15, 0.2) is 17.3 Å². The maximum atomic E-state index is 12.9. The second kappa shape index (κ2) is 7.79. The Hall–Kier alpha value is -3.39. The summed E-state index contributed by atoms with van der Waals surface area (Å²) in [7, 11) is 0. The van der Waals surface area contributed by atoms with Crippen LogP contribution in [0.4, 0.5) is 0 Å². The SMILES string of the molecule is CC(NC(=O)Cn1c(-c2cscn2)nc2ccccc21)c1ccc2c(c1)OCCO2. The number of amides is 1. The van der Waals surface area contributed by atoms with Crippen LogP contribution in [-0.4, -0.2) is 33.7 Å². The molecule has 1 aliphatic rings. The minimum atomic E-state index is -0.175. The van der Waals surface area contributed by atoms with Gasteiger partial charge in [-0.2, -0.15) is 0 Å². The largest absolute Gasteiger partial charge is 0.486 e. The Labute approximate surface area is 177 Å². The molecule has 5 rings (SSSR count). The lowest BCUT2D eigenvalue weighted by Crippen LogP contribution is -2.30. The first kappa shape index (κ1) is 18.6. The van der Waals surface area contributed by atoms with E-state index in [9.17, 15) is 4.79 Å². The first-order valence-corrected chi connectivity index (χ1v) is 10.7. The van der Waals surface area contributed by atoms with E-state index in [4.69, 9.17) is 14.5 Å². The third-order valence-electron chi connectivity index (χ3n) is 5.06. The molecule has 4 aromatic rings. The average Bonchev–Trinajstić information content (AvgIpc) is 3.42. The molecule has 30 heavy (non-hydrogen) atoms. The molecule has 0 fully saturated rings. The zero-order valence-electron chi connectivity index (χ0n) is 16.4. The molecular weight excluding hydrogens is 400 g/mol. The van der Waals surface area contributed by atoms with Crippen molar-refractivity contribution in [3.63, 3.8) is 0 Å². The average molecular weight is 420 g/mol. The van der Waals surface area contributed by atoms with Gasteiger partial charge < -0.3 is 19.4 Å². The van der Waals surface area contributed by atoms with Crippen molar-refractivity contribution < 1.29 is 14.3 Å². The van der Waals surface area contributed by atoms with Gasteiger partial charge in [-0.25, -0.2) is 9.97 Å². The molecule has 2 aromatic heterocycles. The van der Waals surface area contributed by atoms with E-state index >= 15 is 0 Å². The van der Waals surface area contributed by atoms with Crippen LogP contribution in [0.5, 0.6) is 11.5 Å². The Morgan fingerprint density at radius 2 is 2.03 bits per heavy atom. The third kappa shape index (κ3) is 3.50. The Balaban J connectivity index is 1.38. The lowest BCUT2D eigenvalue weighted by molar-refractivity contribution is -0.122. The van der Waals surface area contributed by atoms with Crippen molar-refractivity contribution in [1.29, 1.82) is 0 Å². The number of hydrogen-bond donors (Lipinski definition) is 1. The molecule has 152 valence electrons.